The van der Waals surface area contributed by atoms with Crippen molar-refractivity contribution in [3.05, 3.63) is 23.7 Å². The lowest BCUT2D eigenvalue weighted by Gasteiger charge is -2.42. The van der Waals surface area contributed by atoms with Gasteiger partial charge in [0.25, 0.3) is 0 Å². The average Bonchev–Trinajstić information content (AvgIpc) is 2.78. The van der Waals surface area contributed by atoms with E-state index < -0.39 is 0 Å². The van der Waals surface area contributed by atoms with E-state index in [4.69, 9.17) is 4.42 Å². The average molecular weight is 292 g/mol. The topological polar surface area (TPSA) is 28.4 Å². The van der Waals surface area contributed by atoms with Crippen molar-refractivity contribution in [2.75, 3.05) is 20.1 Å². The molecule has 1 heterocycles. The van der Waals surface area contributed by atoms with Crippen LogP contribution in [0, 0.1) is 18.3 Å². The largest absolute Gasteiger partial charge is 0.469 e. The molecule has 0 amide bonds. The van der Waals surface area contributed by atoms with Gasteiger partial charge >= 0.3 is 0 Å². The number of nitrogens with one attached hydrogen (secondary N) is 1. The third kappa shape index (κ3) is 4.58. The summed E-state index contributed by atoms with van der Waals surface area (Å²) in [4.78, 5) is 2.45. The maximum Gasteiger partial charge on any atom is 0.105 e. The molecule has 1 aromatic heterocycles. The van der Waals surface area contributed by atoms with Gasteiger partial charge in [-0.2, -0.15) is 0 Å². The molecule has 1 aliphatic rings. The molecule has 1 aliphatic carbocycles. The molecule has 0 saturated heterocycles. The van der Waals surface area contributed by atoms with Crippen LogP contribution in [0.25, 0.3) is 0 Å². The summed E-state index contributed by atoms with van der Waals surface area (Å²) in [6, 6.07) is 2.77. The fourth-order valence-electron chi connectivity index (χ4n) is 3.79. The van der Waals surface area contributed by atoms with Crippen LogP contribution in [0.15, 0.2) is 16.7 Å². The van der Waals surface area contributed by atoms with E-state index in [1.165, 1.54) is 24.8 Å². The molecule has 2 rings (SSSR count). The fourth-order valence-corrected chi connectivity index (χ4v) is 3.79. The second-order valence-corrected chi connectivity index (χ2v) is 7.53. The smallest absolute Gasteiger partial charge is 0.105 e. The van der Waals surface area contributed by atoms with Gasteiger partial charge in [0.05, 0.1) is 6.26 Å². The van der Waals surface area contributed by atoms with Crippen molar-refractivity contribution in [2.45, 2.75) is 59.5 Å². The van der Waals surface area contributed by atoms with Gasteiger partial charge in [-0.25, -0.2) is 0 Å². The lowest BCUT2D eigenvalue weighted by Crippen LogP contribution is -2.46. The van der Waals surface area contributed by atoms with Crippen LogP contribution in [0.4, 0.5) is 0 Å². The quantitative estimate of drug-likeness (QED) is 0.864. The highest BCUT2D eigenvalue weighted by Crippen LogP contribution is 2.39. The summed E-state index contributed by atoms with van der Waals surface area (Å²) in [6.45, 7) is 12.3. The molecule has 2 atom stereocenters. The van der Waals surface area contributed by atoms with Crippen molar-refractivity contribution in [3.8, 4) is 0 Å². The van der Waals surface area contributed by atoms with Crippen LogP contribution in [-0.4, -0.2) is 31.1 Å². The van der Waals surface area contributed by atoms with Gasteiger partial charge in [-0.15, -0.1) is 0 Å². The van der Waals surface area contributed by atoms with Gasteiger partial charge in [-0.05, 0) is 57.2 Å². The standard InChI is InChI=1S/C18H32N2O/c1-6-19-17-7-9-18(3,4)11-16(17)13-20(5)12-15-8-10-21-14(15)2/h8,10,16-17,19H,6-7,9,11-13H2,1-5H3. The summed E-state index contributed by atoms with van der Waals surface area (Å²) in [6.07, 6.45) is 5.76. The Bertz CT molecular complexity index is 438. The van der Waals surface area contributed by atoms with Gasteiger partial charge in [0.15, 0.2) is 0 Å². The highest BCUT2D eigenvalue weighted by Gasteiger charge is 2.34. The molecule has 0 aromatic carbocycles. The first-order valence-electron chi connectivity index (χ1n) is 8.36. The van der Waals surface area contributed by atoms with Crippen LogP contribution in [0.5, 0.6) is 0 Å². The molecule has 3 nitrogen and oxygen atoms in total. The van der Waals surface area contributed by atoms with E-state index >= 15 is 0 Å². The van der Waals surface area contributed by atoms with Crippen LogP contribution < -0.4 is 5.32 Å². The van der Waals surface area contributed by atoms with Crippen molar-refractivity contribution in [3.63, 3.8) is 0 Å². The van der Waals surface area contributed by atoms with Gasteiger partial charge in [-0.3, -0.25) is 0 Å². The van der Waals surface area contributed by atoms with E-state index in [2.05, 4.69) is 44.1 Å². The van der Waals surface area contributed by atoms with Crippen molar-refractivity contribution < 1.29 is 4.42 Å². The Morgan fingerprint density at radius 3 is 2.81 bits per heavy atom. The molecule has 21 heavy (non-hydrogen) atoms. The second-order valence-electron chi connectivity index (χ2n) is 7.53. The molecular formula is C18H32N2O. The first-order valence-corrected chi connectivity index (χ1v) is 8.36. The van der Waals surface area contributed by atoms with Gasteiger partial charge in [0, 0.05) is 24.7 Å². The minimum Gasteiger partial charge on any atom is -0.469 e. The predicted molar refractivity (Wildman–Crippen MR) is 88.4 cm³/mol. The Hall–Kier alpha value is -0.800. The molecule has 120 valence electrons. The van der Waals surface area contributed by atoms with Crippen molar-refractivity contribution in [2.24, 2.45) is 11.3 Å². The molecule has 3 heteroatoms. The van der Waals surface area contributed by atoms with Crippen LogP contribution in [0.2, 0.25) is 0 Å². The minimum absolute atomic E-state index is 0.489. The second kappa shape index (κ2) is 6.97. The van der Waals surface area contributed by atoms with Crippen molar-refractivity contribution in [1.82, 2.24) is 10.2 Å². The molecular weight excluding hydrogens is 260 g/mol. The van der Waals surface area contributed by atoms with Crippen molar-refractivity contribution in [1.29, 1.82) is 0 Å². The fraction of sp³-hybridized carbons (Fsp3) is 0.778. The van der Waals surface area contributed by atoms with E-state index in [-0.39, 0.29) is 0 Å². The summed E-state index contributed by atoms with van der Waals surface area (Å²) in [7, 11) is 2.23. The van der Waals surface area contributed by atoms with E-state index in [0.29, 0.717) is 11.5 Å². The van der Waals surface area contributed by atoms with Crippen LogP contribution in [-0.2, 0) is 6.54 Å². The van der Waals surface area contributed by atoms with Gasteiger partial charge < -0.3 is 14.6 Å². The van der Waals surface area contributed by atoms with Gasteiger partial charge in [0.1, 0.15) is 5.76 Å². The Labute approximate surface area is 130 Å². The van der Waals surface area contributed by atoms with E-state index in [0.717, 1.165) is 31.3 Å². The maximum atomic E-state index is 5.41. The lowest BCUT2D eigenvalue weighted by molar-refractivity contribution is 0.107. The molecule has 0 spiro atoms. The van der Waals surface area contributed by atoms with Gasteiger partial charge in [-0.1, -0.05) is 20.8 Å². The zero-order valence-electron chi connectivity index (χ0n) is 14.4. The number of rotatable bonds is 6. The Balaban J connectivity index is 1.95. The molecule has 1 aromatic rings. The summed E-state index contributed by atoms with van der Waals surface area (Å²) >= 11 is 0. The Morgan fingerprint density at radius 1 is 1.43 bits per heavy atom. The Kier molecular flexibility index (Phi) is 5.50. The van der Waals surface area contributed by atoms with Crippen LogP contribution in [0.1, 0.15) is 51.4 Å². The SMILES string of the molecule is CCNC1CCC(C)(C)CC1CN(C)Cc1ccoc1C. The molecule has 0 aliphatic heterocycles. The first kappa shape index (κ1) is 16.6. The van der Waals surface area contributed by atoms with E-state index in [1.807, 2.05) is 6.92 Å². The summed E-state index contributed by atoms with van der Waals surface area (Å²) in [5.74, 6) is 1.79. The molecule has 0 bridgehead atoms. The van der Waals surface area contributed by atoms with Crippen LogP contribution in [0.3, 0.4) is 0 Å². The van der Waals surface area contributed by atoms with Crippen molar-refractivity contribution >= 4 is 0 Å². The minimum atomic E-state index is 0.489. The number of aryl methyl sites for hydroxylation is 1. The third-order valence-corrected chi connectivity index (χ3v) is 4.93. The molecule has 1 saturated carbocycles. The number of hydrogen-bond acceptors (Lipinski definition) is 3. The normalized spacial score (nSPS) is 25.4. The molecule has 1 N–H and O–H groups in total. The summed E-state index contributed by atoms with van der Waals surface area (Å²) in [5, 5.41) is 3.70. The van der Waals surface area contributed by atoms with E-state index in [9.17, 15) is 0 Å². The monoisotopic (exact) mass is 292 g/mol. The highest BCUT2D eigenvalue weighted by molar-refractivity contribution is 5.15. The zero-order chi connectivity index (χ0) is 15.5. The number of furan rings is 1. The third-order valence-electron chi connectivity index (χ3n) is 4.93. The first-order chi connectivity index (χ1) is 9.91. The number of nitrogens with zero attached hydrogens (tertiary/aromatic N) is 1. The zero-order valence-corrected chi connectivity index (χ0v) is 14.4. The molecule has 2 unspecified atom stereocenters. The highest BCUT2D eigenvalue weighted by atomic mass is 16.3. The van der Waals surface area contributed by atoms with Crippen LogP contribution >= 0.6 is 0 Å². The summed E-state index contributed by atoms with van der Waals surface area (Å²) in [5.41, 5.74) is 1.80. The maximum absolute atomic E-state index is 5.41. The molecule has 0 radical (unpaired) electrons. The lowest BCUT2D eigenvalue weighted by atomic mass is 9.69. The molecule has 1 fully saturated rings. The number of hydrogen-bond donors (Lipinski definition) is 1. The van der Waals surface area contributed by atoms with E-state index in [1.54, 1.807) is 6.26 Å². The Morgan fingerprint density at radius 2 is 2.19 bits per heavy atom. The van der Waals surface area contributed by atoms with Gasteiger partial charge in [0.2, 0.25) is 0 Å². The summed E-state index contributed by atoms with van der Waals surface area (Å²) < 4.78 is 5.41. The predicted octanol–water partition coefficient (Wildman–Crippen LogP) is 3.82.